The van der Waals surface area contributed by atoms with Crippen LogP contribution >= 0.6 is 11.3 Å². The Labute approximate surface area is 189 Å². The predicted octanol–water partition coefficient (Wildman–Crippen LogP) is 4.00. The molecule has 2 bridgehead atoms. The van der Waals surface area contributed by atoms with Crippen molar-refractivity contribution in [3.8, 4) is 0 Å². The number of piperidine rings is 1. The van der Waals surface area contributed by atoms with Gasteiger partial charge in [-0.15, -0.1) is 11.3 Å². The number of fused-ring (bicyclic) bond motifs is 4. The fraction of sp³-hybridized carbons (Fsp3) is 0.680. The lowest BCUT2D eigenvalue weighted by Gasteiger charge is -2.42. The summed E-state index contributed by atoms with van der Waals surface area (Å²) in [4.78, 5) is 24.3. The van der Waals surface area contributed by atoms with Crippen LogP contribution in [0.15, 0.2) is 23.1 Å². The molecule has 0 unspecified atom stereocenters. The summed E-state index contributed by atoms with van der Waals surface area (Å²) in [6.45, 7) is 9.32. The van der Waals surface area contributed by atoms with Crippen LogP contribution in [0.5, 0.6) is 0 Å². The molecule has 0 amide bonds. The minimum Gasteiger partial charge on any atom is -0.312 e. The first-order chi connectivity index (χ1) is 15.1. The summed E-state index contributed by atoms with van der Waals surface area (Å²) in [6, 6.07) is 4.43. The highest BCUT2D eigenvalue weighted by Crippen LogP contribution is 2.45. The molecule has 5 nitrogen and oxygen atoms in total. The number of likely N-dealkylation sites (tertiary alicyclic amines) is 2. The Morgan fingerprint density at radius 3 is 2.77 bits per heavy atom. The molecule has 5 heterocycles. The molecular weight excluding hydrogens is 404 g/mol. The summed E-state index contributed by atoms with van der Waals surface area (Å²) >= 11 is 1.81. The van der Waals surface area contributed by atoms with Crippen molar-refractivity contribution in [2.45, 2.75) is 71.0 Å². The van der Waals surface area contributed by atoms with E-state index in [9.17, 15) is 4.79 Å². The molecule has 0 radical (unpaired) electrons. The minimum atomic E-state index is 0.283. The third kappa shape index (κ3) is 3.81. The second-order valence-corrected chi connectivity index (χ2v) is 12.0. The van der Waals surface area contributed by atoms with Gasteiger partial charge >= 0.3 is 0 Å². The lowest BCUT2D eigenvalue weighted by molar-refractivity contribution is 0.115. The third-order valence-electron chi connectivity index (χ3n) is 8.38. The third-order valence-corrected chi connectivity index (χ3v) is 9.28. The number of thiazole rings is 1. The van der Waals surface area contributed by atoms with E-state index < -0.39 is 0 Å². The molecule has 2 atom stereocenters. The molecule has 1 aliphatic carbocycles. The van der Waals surface area contributed by atoms with Gasteiger partial charge in [-0.2, -0.15) is 0 Å². The van der Waals surface area contributed by atoms with Crippen molar-refractivity contribution in [2.75, 3.05) is 26.2 Å². The normalized spacial score (nSPS) is 27.8. The van der Waals surface area contributed by atoms with Gasteiger partial charge in [-0.1, -0.05) is 18.9 Å². The van der Waals surface area contributed by atoms with E-state index in [0.717, 1.165) is 43.3 Å². The summed E-state index contributed by atoms with van der Waals surface area (Å²) in [5, 5.41) is 1.15. The predicted molar refractivity (Wildman–Crippen MR) is 124 cm³/mol. The van der Waals surface area contributed by atoms with E-state index >= 15 is 0 Å². The van der Waals surface area contributed by atoms with Crippen LogP contribution in [0.4, 0.5) is 0 Å². The van der Waals surface area contributed by atoms with Crippen molar-refractivity contribution in [3.63, 3.8) is 0 Å². The molecule has 1 spiro atoms. The van der Waals surface area contributed by atoms with E-state index in [1.807, 2.05) is 17.5 Å². The molecule has 3 fully saturated rings. The molecule has 4 aliphatic rings. The quantitative estimate of drug-likeness (QED) is 0.724. The Balaban J connectivity index is 1.18. The fourth-order valence-electron chi connectivity index (χ4n) is 6.98. The lowest BCUT2D eigenvalue weighted by Crippen LogP contribution is -2.47. The molecule has 166 valence electrons. The average molecular weight is 439 g/mol. The molecular formula is C25H34N4OS. The maximum Gasteiger partial charge on any atom is 0.255 e. The topological polar surface area (TPSA) is 41.4 Å². The fourth-order valence-corrected chi connectivity index (χ4v) is 7.81. The maximum absolute atomic E-state index is 13.4. The summed E-state index contributed by atoms with van der Waals surface area (Å²) in [7, 11) is 0. The smallest absolute Gasteiger partial charge is 0.255 e. The van der Waals surface area contributed by atoms with Gasteiger partial charge in [-0.05, 0) is 56.6 Å². The molecule has 3 aliphatic heterocycles. The van der Waals surface area contributed by atoms with Crippen molar-refractivity contribution < 1.29 is 0 Å². The van der Waals surface area contributed by atoms with Gasteiger partial charge in [-0.25, -0.2) is 4.98 Å². The van der Waals surface area contributed by atoms with Gasteiger partial charge in [0.15, 0.2) is 0 Å². The molecule has 2 aromatic rings. The van der Waals surface area contributed by atoms with E-state index in [-0.39, 0.29) is 5.56 Å². The summed E-state index contributed by atoms with van der Waals surface area (Å²) in [6.07, 6.45) is 10.2. The largest absolute Gasteiger partial charge is 0.312 e. The first-order valence-corrected chi connectivity index (χ1v) is 13.0. The Hall–Kier alpha value is -1.50. The zero-order chi connectivity index (χ0) is 21.0. The molecule has 6 rings (SSSR count). The molecule has 0 aromatic carbocycles. The van der Waals surface area contributed by atoms with Crippen molar-refractivity contribution in [1.29, 1.82) is 0 Å². The minimum absolute atomic E-state index is 0.283. The van der Waals surface area contributed by atoms with Crippen LogP contribution < -0.4 is 5.56 Å². The van der Waals surface area contributed by atoms with Gasteiger partial charge < -0.3 is 4.57 Å². The molecule has 2 aromatic heterocycles. The Kier molecular flexibility index (Phi) is 5.08. The van der Waals surface area contributed by atoms with Crippen LogP contribution in [-0.2, 0) is 19.6 Å². The zero-order valence-electron chi connectivity index (χ0n) is 18.7. The molecule has 6 heteroatoms. The highest BCUT2D eigenvalue weighted by molar-refractivity contribution is 7.11. The van der Waals surface area contributed by atoms with Crippen LogP contribution in [0, 0.1) is 18.3 Å². The first-order valence-electron chi connectivity index (χ1n) is 12.2. The second-order valence-electron chi connectivity index (χ2n) is 10.7. The Morgan fingerprint density at radius 1 is 1.10 bits per heavy atom. The van der Waals surface area contributed by atoms with Gasteiger partial charge in [-0.3, -0.25) is 14.6 Å². The van der Waals surface area contributed by atoms with Crippen LogP contribution in [0.1, 0.15) is 65.6 Å². The molecule has 1 saturated carbocycles. The number of aryl methyl sites for hydroxylation is 1. The standard InChI is InChI=1S/C25H34N4OS/c1-18-26-11-22(31-18)16-28-12-19-10-21(15-28)23-5-4-20(24(30)29(23)13-19)14-27-9-8-25(17-27)6-2-3-7-25/h4-5,11,19,21H,2-3,6-10,12-17H2,1H3/t19-,21+/m0/s1. The summed E-state index contributed by atoms with van der Waals surface area (Å²) < 4.78 is 2.14. The Bertz CT molecular complexity index is 1020. The maximum atomic E-state index is 13.4. The molecule has 0 N–H and O–H groups in total. The highest BCUT2D eigenvalue weighted by atomic mass is 32.1. The van der Waals surface area contributed by atoms with Gasteiger partial charge in [0.25, 0.3) is 5.56 Å². The average Bonchev–Trinajstić information content (AvgIpc) is 3.48. The number of hydrogen-bond acceptors (Lipinski definition) is 5. The molecule has 2 saturated heterocycles. The number of pyridine rings is 1. The number of rotatable bonds is 4. The van der Waals surface area contributed by atoms with Crippen molar-refractivity contribution in [3.05, 3.63) is 49.8 Å². The first kappa shape index (κ1) is 20.1. The van der Waals surface area contributed by atoms with Crippen molar-refractivity contribution in [1.82, 2.24) is 19.4 Å². The van der Waals surface area contributed by atoms with Crippen LogP contribution in [0.3, 0.4) is 0 Å². The number of nitrogens with zero attached hydrogens (tertiary/aromatic N) is 4. The van der Waals surface area contributed by atoms with Crippen molar-refractivity contribution >= 4 is 11.3 Å². The monoisotopic (exact) mass is 438 g/mol. The summed E-state index contributed by atoms with van der Waals surface area (Å²) in [5.41, 5.74) is 3.13. The van der Waals surface area contributed by atoms with Gasteiger partial charge in [0.2, 0.25) is 0 Å². The lowest BCUT2D eigenvalue weighted by atomic mass is 9.83. The number of hydrogen-bond donors (Lipinski definition) is 0. The highest BCUT2D eigenvalue weighted by Gasteiger charge is 2.40. The van der Waals surface area contributed by atoms with Crippen LogP contribution in [0.25, 0.3) is 0 Å². The SMILES string of the molecule is Cc1ncc(CN2C[C@@H]3C[C@H](C2)c2ccc(CN4CCC5(CCCC5)C4)c(=O)n2C3)s1. The molecule has 31 heavy (non-hydrogen) atoms. The Morgan fingerprint density at radius 2 is 1.97 bits per heavy atom. The van der Waals surface area contributed by atoms with Gasteiger partial charge in [0.05, 0.1) is 5.01 Å². The zero-order valence-corrected chi connectivity index (χ0v) is 19.5. The summed E-state index contributed by atoms with van der Waals surface area (Å²) in [5.74, 6) is 1.07. The van der Waals surface area contributed by atoms with E-state index in [0.29, 0.717) is 17.3 Å². The van der Waals surface area contributed by atoms with Crippen LogP contribution in [-0.4, -0.2) is 45.5 Å². The van der Waals surface area contributed by atoms with E-state index in [4.69, 9.17) is 0 Å². The van der Waals surface area contributed by atoms with Gasteiger partial charge in [0.1, 0.15) is 0 Å². The number of aromatic nitrogens is 2. The van der Waals surface area contributed by atoms with E-state index in [1.54, 1.807) is 0 Å². The van der Waals surface area contributed by atoms with Crippen LogP contribution in [0.2, 0.25) is 0 Å². The van der Waals surface area contributed by atoms with E-state index in [2.05, 4.69) is 38.4 Å². The van der Waals surface area contributed by atoms with Gasteiger partial charge in [0, 0.05) is 67.5 Å². The second kappa shape index (κ2) is 7.82. The van der Waals surface area contributed by atoms with Crippen molar-refractivity contribution in [2.24, 2.45) is 11.3 Å². The van der Waals surface area contributed by atoms with E-state index in [1.165, 1.54) is 62.2 Å².